The van der Waals surface area contributed by atoms with E-state index in [1.165, 1.54) is 18.4 Å². The number of amides is 1. The fourth-order valence-corrected chi connectivity index (χ4v) is 2.47. The lowest BCUT2D eigenvalue weighted by molar-refractivity contribution is -0.120. The molecule has 1 aliphatic rings. The molecule has 0 spiro atoms. The van der Waals surface area contributed by atoms with Gasteiger partial charge in [0, 0.05) is 24.2 Å². The second-order valence-corrected chi connectivity index (χ2v) is 6.09. The van der Waals surface area contributed by atoms with Crippen LogP contribution in [0.5, 0.6) is 0 Å². The zero-order chi connectivity index (χ0) is 15.1. The maximum absolute atomic E-state index is 12.2. The van der Waals surface area contributed by atoms with Gasteiger partial charge in [-0.05, 0) is 43.4 Å². The van der Waals surface area contributed by atoms with Crippen LogP contribution in [-0.4, -0.2) is 11.9 Å². The zero-order valence-electron chi connectivity index (χ0n) is 13.3. The van der Waals surface area contributed by atoms with Gasteiger partial charge in [0.1, 0.15) is 0 Å². The molecule has 21 heavy (non-hydrogen) atoms. The van der Waals surface area contributed by atoms with Crippen LogP contribution in [0.2, 0.25) is 0 Å². The highest BCUT2D eigenvalue weighted by Gasteiger charge is 2.20. The first-order chi connectivity index (χ1) is 10.2. The molecule has 1 aliphatic carbocycles. The molecule has 1 aromatic rings. The summed E-state index contributed by atoms with van der Waals surface area (Å²) in [7, 11) is 0. The number of carbonyl (C=O) groups excluding carboxylic acids is 1. The number of hydrogen-bond donors (Lipinski definition) is 2. The van der Waals surface area contributed by atoms with Gasteiger partial charge in [0.2, 0.25) is 5.91 Å². The summed E-state index contributed by atoms with van der Waals surface area (Å²) in [6, 6.07) is 8.94. The van der Waals surface area contributed by atoms with Gasteiger partial charge in [-0.2, -0.15) is 0 Å². The van der Waals surface area contributed by atoms with E-state index in [0.29, 0.717) is 0 Å². The van der Waals surface area contributed by atoms with E-state index in [-0.39, 0.29) is 11.8 Å². The molecule has 0 radical (unpaired) electrons. The standard InChI is InChI=1S/C18H28N2O/c1-3-5-6-15(4-2)18(21)20-17-9-7-14(8-10-17)13-19-16-11-12-16/h7-10,15-16,19H,3-6,11-13H2,1-2H3,(H,20,21). The normalized spacial score (nSPS) is 15.7. The van der Waals surface area contributed by atoms with Crippen LogP contribution in [0.25, 0.3) is 0 Å². The van der Waals surface area contributed by atoms with E-state index in [0.717, 1.165) is 44.0 Å². The van der Waals surface area contributed by atoms with Crippen molar-refractivity contribution in [1.82, 2.24) is 5.32 Å². The molecule has 0 bridgehead atoms. The number of nitrogens with one attached hydrogen (secondary N) is 2. The van der Waals surface area contributed by atoms with E-state index in [1.807, 2.05) is 12.1 Å². The van der Waals surface area contributed by atoms with Crippen molar-refractivity contribution >= 4 is 11.6 Å². The number of benzene rings is 1. The Bertz CT molecular complexity index is 437. The lowest BCUT2D eigenvalue weighted by Crippen LogP contribution is -2.22. The number of rotatable bonds is 9. The van der Waals surface area contributed by atoms with Crippen molar-refractivity contribution in [2.24, 2.45) is 5.92 Å². The molecule has 3 heteroatoms. The molecule has 1 unspecified atom stereocenters. The molecule has 3 nitrogen and oxygen atoms in total. The van der Waals surface area contributed by atoms with Gasteiger partial charge in [0.05, 0.1) is 0 Å². The van der Waals surface area contributed by atoms with Gasteiger partial charge >= 0.3 is 0 Å². The minimum absolute atomic E-state index is 0.140. The molecule has 1 aromatic carbocycles. The molecule has 1 amide bonds. The molecular formula is C18H28N2O. The Kier molecular flexibility index (Phi) is 6.24. The van der Waals surface area contributed by atoms with Gasteiger partial charge in [-0.3, -0.25) is 4.79 Å². The summed E-state index contributed by atoms with van der Waals surface area (Å²) in [5, 5.41) is 6.54. The molecule has 0 heterocycles. The second kappa shape index (κ2) is 8.18. The van der Waals surface area contributed by atoms with Crippen LogP contribution in [0.3, 0.4) is 0 Å². The quantitative estimate of drug-likeness (QED) is 0.718. The number of unbranched alkanes of at least 4 members (excludes halogenated alkanes) is 1. The van der Waals surface area contributed by atoms with Crippen molar-refractivity contribution in [3.63, 3.8) is 0 Å². The first kappa shape index (κ1) is 16.0. The lowest BCUT2D eigenvalue weighted by atomic mass is 9.98. The van der Waals surface area contributed by atoms with E-state index in [9.17, 15) is 4.79 Å². The topological polar surface area (TPSA) is 41.1 Å². The van der Waals surface area contributed by atoms with Gasteiger partial charge in [-0.15, -0.1) is 0 Å². The molecular weight excluding hydrogens is 260 g/mol. The molecule has 1 saturated carbocycles. The fourth-order valence-electron chi connectivity index (χ4n) is 2.47. The minimum Gasteiger partial charge on any atom is -0.326 e. The molecule has 0 aliphatic heterocycles. The van der Waals surface area contributed by atoms with Crippen LogP contribution in [0.4, 0.5) is 5.69 Å². The average molecular weight is 288 g/mol. The van der Waals surface area contributed by atoms with E-state index < -0.39 is 0 Å². The average Bonchev–Trinajstić information content (AvgIpc) is 3.31. The van der Waals surface area contributed by atoms with Crippen LogP contribution in [0.1, 0.15) is 57.9 Å². The van der Waals surface area contributed by atoms with Crippen molar-refractivity contribution in [3.8, 4) is 0 Å². The highest BCUT2D eigenvalue weighted by Crippen LogP contribution is 2.20. The summed E-state index contributed by atoms with van der Waals surface area (Å²) in [4.78, 5) is 12.2. The third-order valence-electron chi connectivity index (χ3n) is 4.16. The van der Waals surface area contributed by atoms with Gasteiger partial charge < -0.3 is 10.6 Å². The maximum Gasteiger partial charge on any atom is 0.227 e. The Morgan fingerprint density at radius 1 is 1.24 bits per heavy atom. The molecule has 1 fully saturated rings. The number of hydrogen-bond acceptors (Lipinski definition) is 2. The third-order valence-corrected chi connectivity index (χ3v) is 4.16. The minimum atomic E-state index is 0.140. The van der Waals surface area contributed by atoms with Gasteiger partial charge in [-0.1, -0.05) is 38.8 Å². The Morgan fingerprint density at radius 2 is 1.95 bits per heavy atom. The molecule has 1 atom stereocenters. The predicted octanol–water partition coefficient (Wildman–Crippen LogP) is 4.09. The summed E-state index contributed by atoms with van der Waals surface area (Å²) in [5.41, 5.74) is 2.18. The SMILES string of the molecule is CCCCC(CC)C(=O)Nc1ccc(CNC2CC2)cc1. The van der Waals surface area contributed by atoms with Crippen LogP contribution >= 0.6 is 0 Å². The maximum atomic E-state index is 12.2. The third kappa shape index (κ3) is 5.50. The fraction of sp³-hybridized carbons (Fsp3) is 0.611. The monoisotopic (exact) mass is 288 g/mol. The van der Waals surface area contributed by atoms with Crippen LogP contribution in [0, 0.1) is 5.92 Å². The van der Waals surface area contributed by atoms with Crippen molar-refractivity contribution < 1.29 is 4.79 Å². The van der Waals surface area contributed by atoms with E-state index >= 15 is 0 Å². The summed E-state index contributed by atoms with van der Waals surface area (Å²) >= 11 is 0. The smallest absolute Gasteiger partial charge is 0.227 e. The number of carbonyl (C=O) groups is 1. The largest absolute Gasteiger partial charge is 0.326 e. The first-order valence-corrected chi connectivity index (χ1v) is 8.36. The van der Waals surface area contributed by atoms with Gasteiger partial charge in [0.15, 0.2) is 0 Å². The Morgan fingerprint density at radius 3 is 2.52 bits per heavy atom. The summed E-state index contributed by atoms with van der Waals surface area (Å²) < 4.78 is 0. The van der Waals surface area contributed by atoms with E-state index in [2.05, 4.69) is 36.6 Å². The Hall–Kier alpha value is -1.35. The summed E-state index contributed by atoms with van der Waals surface area (Å²) in [6.07, 6.45) is 6.79. The highest BCUT2D eigenvalue weighted by atomic mass is 16.1. The van der Waals surface area contributed by atoms with E-state index in [4.69, 9.17) is 0 Å². The van der Waals surface area contributed by atoms with Crippen molar-refractivity contribution in [1.29, 1.82) is 0 Å². The van der Waals surface area contributed by atoms with E-state index in [1.54, 1.807) is 0 Å². The van der Waals surface area contributed by atoms with Crippen LogP contribution < -0.4 is 10.6 Å². The molecule has 116 valence electrons. The number of anilines is 1. The Labute approximate surface area is 128 Å². The predicted molar refractivity (Wildman–Crippen MR) is 88.2 cm³/mol. The van der Waals surface area contributed by atoms with Gasteiger partial charge in [0.25, 0.3) is 0 Å². The molecule has 0 saturated heterocycles. The zero-order valence-corrected chi connectivity index (χ0v) is 13.3. The van der Waals surface area contributed by atoms with Crippen LogP contribution in [0.15, 0.2) is 24.3 Å². The highest BCUT2D eigenvalue weighted by molar-refractivity contribution is 5.92. The molecule has 2 N–H and O–H groups in total. The van der Waals surface area contributed by atoms with Crippen molar-refractivity contribution in [2.45, 2.75) is 65.0 Å². The molecule has 0 aromatic heterocycles. The summed E-state index contributed by atoms with van der Waals surface area (Å²) in [5.74, 6) is 0.302. The Balaban J connectivity index is 1.81. The van der Waals surface area contributed by atoms with Crippen LogP contribution in [-0.2, 0) is 11.3 Å². The summed E-state index contributed by atoms with van der Waals surface area (Å²) in [6.45, 7) is 5.18. The first-order valence-electron chi connectivity index (χ1n) is 8.36. The lowest BCUT2D eigenvalue weighted by Gasteiger charge is -2.14. The van der Waals surface area contributed by atoms with Crippen molar-refractivity contribution in [3.05, 3.63) is 29.8 Å². The molecule has 2 rings (SSSR count). The second-order valence-electron chi connectivity index (χ2n) is 6.09. The van der Waals surface area contributed by atoms with Crippen molar-refractivity contribution in [2.75, 3.05) is 5.32 Å². The van der Waals surface area contributed by atoms with Gasteiger partial charge in [-0.25, -0.2) is 0 Å².